The summed E-state index contributed by atoms with van der Waals surface area (Å²) in [6, 6.07) is 12.0. The van der Waals surface area contributed by atoms with Crippen LogP contribution in [0.4, 0.5) is 11.4 Å². The minimum atomic E-state index is -0.413. The fraction of sp³-hybridized carbons (Fsp3) is 0.211. The maximum Gasteiger partial charge on any atom is 0.251 e. The van der Waals surface area contributed by atoms with Crippen molar-refractivity contribution in [3.05, 3.63) is 53.6 Å². The highest BCUT2D eigenvalue weighted by molar-refractivity contribution is 6.00. The Morgan fingerprint density at radius 3 is 2.46 bits per heavy atom. The first-order chi connectivity index (χ1) is 12.4. The number of amides is 3. The summed E-state index contributed by atoms with van der Waals surface area (Å²) in [5.74, 6) is -0.526. The molecule has 0 fully saturated rings. The maximum atomic E-state index is 12.1. The number of nitrogens with one attached hydrogen (secondary N) is 3. The molecule has 136 valence electrons. The van der Waals surface area contributed by atoms with Gasteiger partial charge in [-0.2, -0.15) is 0 Å². The van der Waals surface area contributed by atoms with Crippen LogP contribution >= 0.6 is 0 Å². The highest BCUT2D eigenvalue weighted by atomic mass is 16.5. The second-order valence-corrected chi connectivity index (χ2v) is 5.70. The van der Waals surface area contributed by atoms with E-state index in [1.54, 1.807) is 36.4 Å². The number of carbonyl (C=O) groups is 3. The molecular weight excluding hydrogens is 334 g/mol. The summed E-state index contributed by atoms with van der Waals surface area (Å²) >= 11 is 0. The normalized spacial score (nSPS) is 9.96. The van der Waals surface area contributed by atoms with Crippen molar-refractivity contribution in [2.24, 2.45) is 0 Å². The summed E-state index contributed by atoms with van der Waals surface area (Å²) in [7, 11) is 1.47. The molecule has 2 aromatic rings. The molecule has 0 bridgehead atoms. The van der Waals surface area contributed by atoms with Gasteiger partial charge in [0.15, 0.2) is 0 Å². The van der Waals surface area contributed by atoms with Crippen LogP contribution in [-0.2, 0) is 9.59 Å². The third-order valence-electron chi connectivity index (χ3n) is 3.48. The molecular formula is C19H21N3O4. The first-order valence-corrected chi connectivity index (χ1v) is 7.99. The predicted molar refractivity (Wildman–Crippen MR) is 99.4 cm³/mol. The molecule has 26 heavy (non-hydrogen) atoms. The van der Waals surface area contributed by atoms with Gasteiger partial charge in [-0.25, -0.2) is 0 Å². The zero-order valence-corrected chi connectivity index (χ0v) is 14.9. The van der Waals surface area contributed by atoms with Crippen LogP contribution in [0.25, 0.3) is 0 Å². The summed E-state index contributed by atoms with van der Waals surface area (Å²) in [6.45, 7) is 3.08. The lowest BCUT2D eigenvalue weighted by Gasteiger charge is -2.13. The number of anilines is 2. The summed E-state index contributed by atoms with van der Waals surface area (Å²) in [5.41, 5.74) is 2.37. The van der Waals surface area contributed by atoms with Crippen LogP contribution in [-0.4, -0.2) is 31.4 Å². The Morgan fingerprint density at radius 2 is 1.81 bits per heavy atom. The van der Waals surface area contributed by atoms with Gasteiger partial charge in [0.25, 0.3) is 5.91 Å². The quantitative estimate of drug-likeness (QED) is 0.741. The number of hydrogen-bond acceptors (Lipinski definition) is 4. The fourth-order valence-electron chi connectivity index (χ4n) is 2.33. The van der Waals surface area contributed by atoms with Gasteiger partial charge in [-0.1, -0.05) is 17.7 Å². The first-order valence-electron chi connectivity index (χ1n) is 7.99. The van der Waals surface area contributed by atoms with E-state index in [9.17, 15) is 14.4 Å². The number of aryl methyl sites for hydroxylation is 1. The van der Waals surface area contributed by atoms with Crippen LogP contribution in [0.5, 0.6) is 5.75 Å². The molecule has 3 N–H and O–H groups in total. The second-order valence-electron chi connectivity index (χ2n) is 5.70. The molecule has 0 unspecified atom stereocenters. The third-order valence-corrected chi connectivity index (χ3v) is 3.48. The summed E-state index contributed by atoms with van der Waals surface area (Å²) in [6.07, 6.45) is 0. The lowest BCUT2D eigenvalue weighted by molar-refractivity contribution is -0.115. The van der Waals surface area contributed by atoms with Gasteiger partial charge in [0.2, 0.25) is 11.8 Å². The Kier molecular flexibility index (Phi) is 6.32. The number of carbonyl (C=O) groups excluding carboxylic acids is 3. The van der Waals surface area contributed by atoms with Crippen molar-refractivity contribution < 1.29 is 19.1 Å². The number of ether oxygens (including phenoxy) is 1. The zero-order valence-electron chi connectivity index (χ0n) is 14.9. The van der Waals surface area contributed by atoms with E-state index in [2.05, 4.69) is 16.0 Å². The maximum absolute atomic E-state index is 12.1. The Labute approximate surface area is 151 Å². The van der Waals surface area contributed by atoms with Crippen LogP contribution in [0.3, 0.4) is 0 Å². The average molecular weight is 355 g/mol. The number of methoxy groups -OCH3 is 1. The van der Waals surface area contributed by atoms with E-state index in [1.807, 2.05) is 13.0 Å². The van der Waals surface area contributed by atoms with E-state index in [1.165, 1.54) is 14.0 Å². The fourth-order valence-corrected chi connectivity index (χ4v) is 2.33. The summed E-state index contributed by atoms with van der Waals surface area (Å²) < 4.78 is 5.20. The molecule has 3 amide bonds. The van der Waals surface area contributed by atoms with E-state index < -0.39 is 5.91 Å². The molecule has 0 saturated heterocycles. The van der Waals surface area contributed by atoms with Crippen LogP contribution in [0.1, 0.15) is 22.8 Å². The summed E-state index contributed by atoms with van der Waals surface area (Å²) in [5, 5.41) is 7.86. The molecule has 2 rings (SSSR count). The van der Waals surface area contributed by atoms with E-state index >= 15 is 0 Å². The second kappa shape index (κ2) is 8.66. The third kappa shape index (κ3) is 5.34. The molecule has 7 heteroatoms. The largest absolute Gasteiger partial charge is 0.495 e. The Morgan fingerprint density at radius 1 is 1.04 bits per heavy atom. The standard InChI is InChI=1S/C19H21N3O4/c1-12-5-4-6-14(9-12)19(25)20-11-18(24)22-16-10-15(21-13(2)23)7-8-17(16)26-3/h4-10H,11H2,1-3H3,(H,20,25)(H,21,23)(H,22,24). The molecule has 2 aromatic carbocycles. The number of rotatable bonds is 6. The van der Waals surface area contributed by atoms with Crippen molar-refractivity contribution in [3.63, 3.8) is 0 Å². The Hall–Kier alpha value is -3.35. The molecule has 0 heterocycles. The molecule has 0 spiro atoms. The van der Waals surface area contributed by atoms with Crippen molar-refractivity contribution >= 4 is 29.1 Å². The van der Waals surface area contributed by atoms with Crippen molar-refractivity contribution in [2.75, 3.05) is 24.3 Å². The highest BCUT2D eigenvalue weighted by Gasteiger charge is 2.11. The summed E-state index contributed by atoms with van der Waals surface area (Å²) in [4.78, 5) is 35.4. The average Bonchev–Trinajstić information content (AvgIpc) is 2.59. The van der Waals surface area contributed by atoms with Gasteiger partial charge in [-0.15, -0.1) is 0 Å². The van der Waals surface area contributed by atoms with Gasteiger partial charge in [-0.3, -0.25) is 14.4 Å². The molecule has 0 aliphatic rings. The van der Waals surface area contributed by atoms with Crippen LogP contribution < -0.4 is 20.7 Å². The predicted octanol–water partition coefficient (Wildman–Crippen LogP) is 2.33. The lowest BCUT2D eigenvalue weighted by Crippen LogP contribution is -2.33. The van der Waals surface area contributed by atoms with Gasteiger partial charge in [0.05, 0.1) is 19.3 Å². The van der Waals surface area contributed by atoms with E-state index in [-0.39, 0.29) is 18.4 Å². The smallest absolute Gasteiger partial charge is 0.251 e. The van der Waals surface area contributed by atoms with Crippen molar-refractivity contribution in [2.45, 2.75) is 13.8 Å². The SMILES string of the molecule is COc1ccc(NC(C)=O)cc1NC(=O)CNC(=O)c1cccc(C)c1. The van der Waals surface area contributed by atoms with Crippen LogP contribution in [0, 0.1) is 6.92 Å². The molecule has 0 saturated carbocycles. The minimum absolute atomic E-state index is 0.194. The van der Waals surface area contributed by atoms with E-state index in [4.69, 9.17) is 4.74 Å². The van der Waals surface area contributed by atoms with Crippen LogP contribution in [0.2, 0.25) is 0 Å². The molecule has 0 aliphatic carbocycles. The highest BCUT2D eigenvalue weighted by Crippen LogP contribution is 2.27. The Balaban J connectivity index is 2.00. The van der Waals surface area contributed by atoms with Gasteiger partial charge in [-0.05, 0) is 37.3 Å². The van der Waals surface area contributed by atoms with Crippen molar-refractivity contribution in [1.29, 1.82) is 0 Å². The molecule has 0 aliphatic heterocycles. The Bertz CT molecular complexity index is 833. The number of hydrogen-bond donors (Lipinski definition) is 3. The monoisotopic (exact) mass is 355 g/mol. The molecule has 0 aromatic heterocycles. The van der Waals surface area contributed by atoms with Crippen LogP contribution in [0.15, 0.2) is 42.5 Å². The van der Waals surface area contributed by atoms with Gasteiger partial charge >= 0.3 is 0 Å². The van der Waals surface area contributed by atoms with E-state index in [0.717, 1.165) is 5.56 Å². The first kappa shape index (κ1) is 19.0. The van der Waals surface area contributed by atoms with Gasteiger partial charge in [0.1, 0.15) is 5.75 Å². The topological polar surface area (TPSA) is 96.5 Å². The molecule has 0 atom stereocenters. The van der Waals surface area contributed by atoms with Crippen molar-refractivity contribution in [3.8, 4) is 5.75 Å². The lowest BCUT2D eigenvalue weighted by atomic mass is 10.1. The minimum Gasteiger partial charge on any atom is -0.495 e. The van der Waals surface area contributed by atoms with E-state index in [0.29, 0.717) is 22.7 Å². The number of benzene rings is 2. The molecule has 7 nitrogen and oxygen atoms in total. The van der Waals surface area contributed by atoms with Gasteiger partial charge < -0.3 is 20.7 Å². The van der Waals surface area contributed by atoms with Gasteiger partial charge in [0, 0.05) is 18.2 Å². The zero-order chi connectivity index (χ0) is 19.1. The van der Waals surface area contributed by atoms with Crippen molar-refractivity contribution in [1.82, 2.24) is 5.32 Å². The molecule has 0 radical (unpaired) electrons.